The van der Waals surface area contributed by atoms with Crippen LogP contribution < -0.4 is 15.6 Å². The van der Waals surface area contributed by atoms with Crippen LogP contribution in [-0.4, -0.2) is 155 Å². The van der Waals surface area contributed by atoms with Crippen LogP contribution in [0, 0.1) is 17.3 Å². The van der Waals surface area contributed by atoms with Gasteiger partial charge in [-0.25, -0.2) is 10.4 Å². The molecular formula is C62H82N10O7S. The van der Waals surface area contributed by atoms with E-state index in [0.717, 1.165) is 132 Å². The second-order valence-corrected chi connectivity index (χ2v) is 26.1. The van der Waals surface area contributed by atoms with E-state index in [2.05, 4.69) is 106 Å². The molecule has 428 valence electrons. The molecule has 2 amide bonds. The highest BCUT2D eigenvalue weighted by molar-refractivity contribution is 7.10. The van der Waals surface area contributed by atoms with Gasteiger partial charge in [-0.1, -0.05) is 32.9 Å². The predicted octanol–water partition coefficient (Wildman–Crippen LogP) is 8.48. The topological polar surface area (TPSA) is 169 Å². The first-order chi connectivity index (χ1) is 38.6. The number of aromatic nitrogens is 4. The highest BCUT2D eigenvalue weighted by Gasteiger charge is 2.55. The number of hydrogen-bond donors (Lipinski definition) is 2. The number of rotatable bonds is 13. The summed E-state index contributed by atoms with van der Waals surface area (Å²) < 4.78 is 27.9. The third-order valence-electron chi connectivity index (χ3n) is 18.3. The molecule has 8 atom stereocenters. The van der Waals surface area contributed by atoms with Crippen molar-refractivity contribution in [2.24, 2.45) is 17.3 Å². The largest absolute Gasteiger partial charge is 0.464 e. The number of esters is 1. The van der Waals surface area contributed by atoms with E-state index in [1.165, 1.54) is 24.2 Å². The fourth-order valence-corrected chi connectivity index (χ4v) is 14.7. The van der Waals surface area contributed by atoms with Gasteiger partial charge < -0.3 is 33.7 Å². The van der Waals surface area contributed by atoms with Crippen LogP contribution in [0.1, 0.15) is 133 Å². The molecule has 80 heavy (non-hydrogen) atoms. The fraction of sp³-hybridized carbons (Fsp3) is 0.613. The molecule has 2 N–H and O–H groups in total. The Hall–Kier alpha value is -5.34. The summed E-state index contributed by atoms with van der Waals surface area (Å²) in [6, 6.07) is 13.3. The number of likely N-dealkylation sites (tertiary alicyclic amines) is 1. The minimum atomic E-state index is -0.993. The van der Waals surface area contributed by atoms with Crippen LogP contribution in [0.3, 0.4) is 0 Å². The van der Waals surface area contributed by atoms with Crippen LogP contribution in [0.2, 0.25) is 0 Å². The second-order valence-electron chi connectivity index (χ2n) is 25.2. The van der Waals surface area contributed by atoms with Crippen LogP contribution in [0.5, 0.6) is 0 Å². The lowest BCUT2D eigenvalue weighted by Gasteiger charge is -2.39. The number of hydrazine groups is 1. The molecule has 1 aromatic carbocycles. The highest BCUT2D eigenvalue weighted by atomic mass is 32.1. The summed E-state index contributed by atoms with van der Waals surface area (Å²) >= 11 is 1.53. The number of cyclic esters (lactones) is 1. The first-order valence-electron chi connectivity index (χ1n) is 29.7. The molecule has 12 rings (SSSR count). The molecule has 0 radical (unpaired) electrons. The molecule has 9 heterocycles. The number of amides is 2. The zero-order valence-corrected chi connectivity index (χ0v) is 48.8. The number of carbonyl (C=O) groups excluding carboxylic acids is 3. The van der Waals surface area contributed by atoms with Gasteiger partial charge in [0.25, 0.3) is 5.91 Å². The van der Waals surface area contributed by atoms with Crippen LogP contribution in [0.4, 0.5) is 5.69 Å². The predicted molar refractivity (Wildman–Crippen MR) is 309 cm³/mol. The fourth-order valence-electron chi connectivity index (χ4n) is 13.7. The summed E-state index contributed by atoms with van der Waals surface area (Å²) in [6.07, 6.45) is 11.4. The number of carbonyl (C=O) groups is 3. The Kier molecular flexibility index (Phi) is 15.7. The average Bonchev–Trinajstić information content (AvgIpc) is 4.31. The van der Waals surface area contributed by atoms with Gasteiger partial charge in [0.05, 0.1) is 66.0 Å². The minimum absolute atomic E-state index is 0.0521. The maximum absolute atomic E-state index is 15.4. The van der Waals surface area contributed by atoms with Crippen molar-refractivity contribution in [2.75, 3.05) is 77.6 Å². The van der Waals surface area contributed by atoms with Crippen molar-refractivity contribution in [1.82, 2.24) is 45.1 Å². The number of anilines is 1. The lowest BCUT2D eigenvalue weighted by molar-refractivity contribution is -0.156. The standard InChI is InChI=1S/C62H82N10O7S/c1-38-51(47-13-8-9-20-63-47)52(38)57(73)66-54-56(70-21-10-11-22-70)58-65-49(36-80-58)40-15-18-50-44(31-40)46(34-61(3,4)37-78-60(75)48-14-12-23-72(67-48)59(54)74)55(71(50)28-30-77-43-19-29-79-62(5,6)33-43)45-32-42(35-64-53(45)39(2)76-7)69-26-24-68(25-27-69)41-16-17-41/h8-9,13,15,18,20,31-32,35-36,38-39,41,43,48,51-52,54,56,67H,10-12,14,16-17,19,21-30,33-34,37H2,1-7H3,(H,66,73)/t38-,39-,43+,48-,51-,52+,54-,56-/m0/s1. The van der Waals surface area contributed by atoms with Gasteiger partial charge in [0.2, 0.25) is 5.91 Å². The molecule has 4 saturated heterocycles. The molecule has 7 aliphatic rings. The Balaban J connectivity index is 0.988. The summed E-state index contributed by atoms with van der Waals surface area (Å²) in [6.45, 7) is 20.4. The third kappa shape index (κ3) is 11.4. The number of nitrogens with zero attached hydrogens (tertiary/aromatic N) is 8. The van der Waals surface area contributed by atoms with Crippen molar-refractivity contribution in [3.05, 3.63) is 82.2 Å². The van der Waals surface area contributed by atoms with Gasteiger partial charge >= 0.3 is 5.97 Å². The van der Waals surface area contributed by atoms with E-state index in [0.29, 0.717) is 45.6 Å². The van der Waals surface area contributed by atoms with Crippen molar-refractivity contribution >= 4 is 45.7 Å². The van der Waals surface area contributed by atoms with E-state index in [1.54, 1.807) is 18.3 Å². The van der Waals surface area contributed by atoms with Crippen molar-refractivity contribution in [2.45, 2.75) is 154 Å². The SMILES string of the molecule is CO[C@@H](C)c1ncc(N2CCN(C3CC3)CC2)cc1-c1c2c3cc(ccc3n1CCO[C@@H]1CCOC(C)(C)C1)-c1csc(n1)[C@@H](N1CCCC1)[C@H](NC(=O)[C@@H]1[C@@H](C)[C@H]1c1ccccn1)C(=O)N1CCC[C@H](N1)C(=O)OCC(C)(C)C2. The zero-order chi connectivity index (χ0) is 55.5. The number of benzene rings is 1. The first kappa shape index (κ1) is 55.2. The van der Waals surface area contributed by atoms with E-state index in [9.17, 15) is 9.59 Å². The average molecular weight is 1110 g/mol. The van der Waals surface area contributed by atoms with Crippen molar-refractivity contribution < 1.29 is 33.3 Å². The molecule has 5 aromatic rings. The Bertz CT molecular complexity index is 3050. The normalized spacial score (nSPS) is 27.9. The summed E-state index contributed by atoms with van der Waals surface area (Å²) in [4.78, 5) is 67.4. The van der Waals surface area contributed by atoms with Gasteiger partial charge in [-0.2, -0.15) is 0 Å². The number of pyridine rings is 2. The monoisotopic (exact) mass is 1110 g/mol. The number of thiazole rings is 1. The molecule has 2 aliphatic carbocycles. The molecule has 18 heteroatoms. The Labute approximate surface area is 475 Å². The minimum Gasteiger partial charge on any atom is -0.464 e. The molecule has 6 fully saturated rings. The van der Waals surface area contributed by atoms with E-state index in [-0.39, 0.29) is 54.0 Å². The molecule has 4 aromatic heterocycles. The molecule has 2 saturated carbocycles. The van der Waals surface area contributed by atoms with Crippen LogP contribution in [0.15, 0.2) is 60.2 Å². The second kappa shape index (κ2) is 22.8. The van der Waals surface area contributed by atoms with Gasteiger partial charge in [-0.15, -0.1) is 11.3 Å². The quantitative estimate of drug-likeness (QED) is 0.108. The van der Waals surface area contributed by atoms with Gasteiger partial charge in [-0.05, 0) is 127 Å². The number of nitrogens with one attached hydrogen (secondary N) is 2. The summed E-state index contributed by atoms with van der Waals surface area (Å²) in [7, 11) is 1.75. The van der Waals surface area contributed by atoms with Crippen LogP contribution in [0.25, 0.3) is 33.4 Å². The lowest BCUT2D eigenvalue weighted by atomic mass is 9.84. The number of hydrogen-bond acceptors (Lipinski definition) is 15. The molecular weight excluding hydrogens is 1030 g/mol. The van der Waals surface area contributed by atoms with Crippen molar-refractivity contribution in [3.8, 4) is 22.5 Å². The molecule has 5 aliphatic heterocycles. The lowest BCUT2D eigenvalue weighted by Crippen LogP contribution is -2.62. The zero-order valence-electron chi connectivity index (χ0n) is 48.0. The van der Waals surface area contributed by atoms with E-state index in [4.69, 9.17) is 28.9 Å². The molecule has 17 nitrogen and oxygen atoms in total. The highest BCUT2D eigenvalue weighted by Crippen LogP contribution is 2.53. The number of fused-ring (bicyclic) bond motifs is 6. The Morgan fingerprint density at radius 3 is 2.51 bits per heavy atom. The van der Waals surface area contributed by atoms with E-state index >= 15 is 4.79 Å². The van der Waals surface area contributed by atoms with Gasteiger partial charge in [0.15, 0.2) is 0 Å². The smallest absolute Gasteiger partial charge is 0.324 e. The van der Waals surface area contributed by atoms with Crippen molar-refractivity contribution in [3.63, 3.8) is 0 Å². The third-order valence-corrected chi connectivity index (χ3v) is 19.2. The maximum atomic E-state index is 15.4. The van der Waals surface area contributed by atoms with Gasteiger partial charge in [-0.3, -0.25) is 39.2 Å². The first-order valence-corrected chi connectivity index (χ1v) is 30.6. The summed E-state index contributed by atoms with van der Waals surface area (Å²) in [5.74, 6) is -1.22. The number of methoxy groups -OCH3 is 1. The van der Waals surface area contributed by atoms with Crippen molar-refractivity contribution in [1.29, 1.82) is 0 Å². The van der Waals surface area contributed by atoms with Crippen LogP contribution >= 0.6 is 11.3 Å². The Morgan fingerprint density at radius 1 is 0.950 bits per heavy atom. The maximum Gasteiger partial charge on any atom is 0.324 e. The molecule has 0 unspecified atom stereocenters. The number of piperazine rings is 1. The van der Waals surface area contributed by atoms with E-state index in [1.807, 2.05) is 24.4 Å². The molecule has 6 bridgehead atoms. The van der Waals surface area contributed by atoms with Gasteiger partial charge in [0.1, 0.15) is 17.1 Å². The summed E-state index contributed by atoms with van der Waals surface area (Å²) in [5.41, 5.74) is 11.3. The van der Waals surface area contributed by atoms with Crippen LogP contribution in [-0.2, 0) is 46.3 Å². The van der Waals surface area contributed by atoms with E-state index < -0.39 is 29.5 Å². The Morgan fingerprint density at radius 2 is 1.76 bits per heavy atom. The summed E-state index contributed by atoms with van der Waals surface area (Å²) in [5, 5.41) is 8.84. The number of ether oxygens (including phenoxy) is 4. The molecule has 0 spiro atoms. The van der Waals surface area contributed by atoms with Gasteiger partial charge in [0, 0.05) is 122 Å².